The van der Waals surface area contributed by atoms with Crippen LogP contribution in [0.1, 0.15) is 41.6 Å². The van der Waals surface area contributed by atoms with Gasteiger partial charge in [0.1, 0.15) is 5.82 Å². The zero-order valence-corrected chi connectivity index (χ0v) is 13.1. The molecule has 0 heterocycles. The fourth-order valence-electron chi connectivity index (χ4n) is 2.58. The molecule has 2 rings (SSSR count). The highest BCUT2D eigenvalue weighted by atomic mass is 19.1. The summed E-state index contributed by atoms with van der Waals surface area (Å²) >= 11 is 0. The maximum atomic E-state index is 13.4. The predicted molar refractivity (Wildman–Crippen MR) is 87.1 cm³/mol. The first kappa shape index (κ1) is 15.7. The molecule has 1 nitrogen and oxygen atoms in total. The molecule has 0 radical (unpaired) electrons. The van der Waals surface area contributed by atoms with Gasteiger partial charge in [-0.2, -0.15) is 0 Å². The SMILES string of the molecule is CCNC(CCc1ccc(C)cc1)c1ccc(F)c(C)c1. The second-order valence-electron chi connectivity index (χ2n) is 5.64. The predicted octanol–water partition coefficient (Wildman–Crippen LogP) is 4.73. The Morgan fingerprint density at radius 3 is 2.38 bits per heavy atom. The molecule has 112 valence electrons. The molecule has 21 heavy (non-hydrogen) atoms. The van der Waals surface area contributed by atoms with Crippen LogP contribution in [0.4, 0.5) is 4.39 Å². The van der Waals surface area contributed by atoms with Gasteiger partial charge < -0.3 is 5.32 Å². The van der Waals surface area contributed by atoms with Crippen molar-refractivity contribution >= 4 is 0 Å². The summed E-state index contributed by atoms with van der Waals surface area (Å²) < 4.78 is 13.4. The summed E-state index contributed by atoms with van der Waals surface area (Å²) in [6.07, 6.45) is 2.04. The fraction of sp³-hybridized carbons (Fsp3) is 0.368. The molecule has 0 bridgehead atoms. The lowest BCUT2D eigenvalue weighted by Crippen LogP contribution is -2.21. The number of benzene rings is 2. The summed E-state index contributed by atoms with van der Waals surface area (Å²) in [4.78, 5) is 0. The first-order valence-electron chi connectivity index (χ1n) is 7.65. The van der Waals surface area contributed by atoms with Crippen LogP contribution in [0, 0.1) is 19.7 Å². The number of hydrogen-bond donors (Lipinski definition) is 1. The Morgan fingerprint density at radius 2 is 1.76 bits per heavy atom. The third-order valence-electron chi connectivity index (χ3n) is 3.88. The number of hydrogen-bond acceptors (Lipinski definition) is 1. The van der Waals surface area contributed by atoms with Crippen molar-refractivity contribution in [1.29, 1.82) is 0 Å². The van der Waals surface area contributed by atoms with Gasteiger partial charge in [0.25, 0.3) is 0 Å². The van der Waals surface area contributed by atoms with E-state index in [1.807, 2.05) is 19.1 Å². The van der Waals surface area contributed by atoms with E-state index in [4.69, 9.17) is 0 Å². The fourth-order valence-corrected chi connectivity index (χ4v) is 2.58. The molecule has 0 spiro atoms. The Hall–Kier alpha value is -1.67. The molecule has 2 heteroatoms. The van der Waals surface area contributed by atoms with Crippen LogP contribution in [-0.4, -0.2) is 6.54 Å². The molecule has 1 N–H and O–H groups in total. The first-order valence-corrected chi connectivity index (χ1v) is 7.65. The quantitative estimate of drug-likeness (QED) is 0.809. The van der Waals surface area contributed by atoms with Gasteiger partial charge in [-0.3, -0.25) is 0 Å². The largest absolute Gasteiger partial charge is 0.310 e. The van der Waals surface area contributed by atoms with E-state index in [1.54, 1.807) is 6.07 Å². The molecule has 0 aliphatic carbocycles. The van der Waals surface area contributed by atoms with E-state index in [1.165, 1.54) is 16.7 Å². The normalized spacial score (nSPS) is 12.4. The Labute approximate surface area is 127 Å². The van der Waals surface area contributed by atoms with Crippen molar-refractivity contribution in [2.75, 3.05) is 6.54 Å². The monoisotopic (exact) mass is 285 g/mol. The third kappa shape index (κ3) is 4.40. The summed E-state index contributed by atoms with van der Waals surface area (Å²) in [6.45, 7) is 6.94. The average molecular weight is 285 g/mol. The van der Waals surface area contributed by atoms with Crippen LogP contribution in [0.15, 0.2) is 42.5 Å². The maximum Gasteiger partial charge on any atom is 0.126 e. The molecule has 0 fully saturated rings. The van der Waals surface area contributed by atoms with Gasteiger partial charge >= 0.3 is 0 Å². The van der Waals surface area contributed by atoms with Crippen LogP contribution < -0.4 is 5.32 Å². The molecule has 0 aliphatic heterocycles. The van der Waals surface area contributed by atoms with E-state index >= 15 is 0 Å². The highest BCUT2D eigenvalue weighted by Crippen LogP contribution is 2.21. The van der Waals surface area contributed by atoms with Crippen LogP contribution in [0.2, 0.25) is 0 Å². The molecule has 0 aliphatic rings. The molecule has 2 aromatic carbocycles. The van der Waals surface area contributed by atoms with E-state index in [2.05, 4.69) is 43.4 Å². The van der Waals surface area contributed by atoms with Crippen molar-refractivity contribution in [2.45, 2.75) is 39.7 Å². The summed E-state index contributed by atoms with van der Waals surface area (Å²) in [6, 6.07) is 14.4. The van der Waals surface area contributed by atoms with Crippen LogP contribution >= 0.6 is 0 Å². The van der Waals surface area contributed by atoms with Gasteiger partial charge in [0.15, 0.2) is 0 Å². The van der Waals surface area contributed by atoms with Crippen molar-refractivity contribution in [3.8, 4) is 0 Å². The molecule has 1 atom stereocenters. The standard InChI is InChI=1S/C19H24FN/c1-4-21-19(17-10-11-18(20)15(3)13-17)12-9-16-7-5-14(2)6-8-16/h5-8,10-11,13,19,21H,4,9,12H2,1-3H3. The van der Waals surface area contributed by atoms with E-state index in [9.17, 15) is 4.39 Å². The number of halogens is 1. The van der Waals surface area contributed by atoms with Crippen LogP contribution in [-0.2, 0) is 6.42 Å². The second-order valence-corrected chi connectivity index (χ2v) is 5.64. The van der Waals surface area contributed by atoms with Gasteiger partial charge in [-0.1, -0.05) is 48.9 Å². The Balaban J connectivity index is 2.07. The summed E-state index contributed by atoms with van der Waals surface area (Å²) in [5, 5.41) is 3.50. The van der Waals surface area contributed by atoms with Gasteiger partial charge in [0.05, 0.1) is 0 Å². The lowest BCUT2D eigenvalue weighted by molar-refractivity contribution is 0.513. The van der Waals surface area contributed by atoms with Crippen LogP contribution in [0.5, 0.6) is 0 Å². The number of aryl methyl sites for hydroxylation is 3. The molecule has 2 aromatic rings. The lowest BCUT2D eigenvalue weighted by Gasteiger charge is -2.19. The number of nitrogens with one attached hydrogen (secondary N) is 1. The molecule has 0 saturated carbocycles. The second kappa shape index (κ2) is 7.37. The minimum atomic E-state index is -0.132. The van der Waals surface area contributed by atoms with Crippen LogP contribution in [0.3, 0.4) is 0 Å². The minimum absolute atomic E-state index is 0.132. The lowest BCUT2D eigenvalue weighted by atomic mass is 9.97. The smallest absolute Gasteiger partial charge is 0.126 e. The first-order chi connectivity index (χ1) is 10.1. The zero-order chi connectivity index (χ0) is 15.2. The Kier molecular flexibility index (Phi) is 5.51. The highest BCUT2D eigenvalue weighted by molar-refractivity contribution is 5.27. The summed E-state index contributed by atoms with van der Waals surface area (Å²) in [5.41, 5.74) is 4.52. The van der Waals surface area contributed by atoms with E-state index in [0.29, 0.717) is 5.56 Å². The summed E-state index contributed by atoms with van der Waals surface area (Å²) in [7, 11) is 0. The van der Waals surface area contributed by atoms with E-state index in [-0.39, 0.29) is 11.9 Å². The Morgan fingerprint density at radius 1 is 1.05 bits per heavy atom. The summed E-state index contributed by atoms with van der Waals surface area (Å²) in [5.74, 6) is -0.132. The molecule has 0 amide bonds. The van der Waals surface area contributed by atoms with E-state index in [0.717, 1.165) is 19.4 Å². The molecular formula is C19H24FN. The van der Waals surface area contributed by atoms with Crippen LogP contribution in [0.25, 0.3) is 0 Å². The van der Waals surface area contributed by atoms with Crippen molar-refractivity contribution in [1.82, 2.24) is 5.32 Å². The van der Waals surface area contributed by atoms with Gasteiger partial charge in [-0.15, -0.1) is 0 Å². The Bertz CT molecular complexity index is 575. The van der Waals surface area contributed by atoms with Crippen molar-refractivity contribution in [2.24, 2.45) is 0 Å². The van der Waals surface area contributed by atoms with Gasteiger partial charge in [0.2, 0.25) is 0 Å². The third-order valence-corrected chi connectivity index (χ3v) is 3.88. The molecule has 0 saturated heterocycles. The minimum Gasteiger partial charge on any atom is -0.310 e. The highest BCUT2D eigenvalue weighted by Gasteiger charge is 2.11. The average Bonchev–Trinajstić information content (AvgIpc) is 2.48. The van der Waals surface area contributed by atoms with Gasteiger partial charge in [0, 0.05) is 6.04 Å². The van der Waals surface area contributed by atoms with Gasteiger partial charge in [-0.05, 0) is 56.0 Å². The molecular weight excluding hydrogens is 261 g/mol. The number of rotatable bonds is 6. The molecule has 0 aromatic heterocycles. The van der Waals surface area contributed by atoms with E-state index < -0.39 is 0 Å². The van der Waals surface area contributed by atoms with Gasteiger partial charge in [-0.25, -0.2) is 4.39 Å². The van der Waals surface area contributed by atoms with Crippen molar-refractivity contribution in [3.05, 3.63) is 70.5 Å². The van der Waals surface area contributed by atoms with Crippen molar-refractivity contribution in [3.63, 3.8) is 0 Å². The maximum absolute atomic E-state index is 13.4. The molecule has 1 unspecified atom stereocenters. The topological polar surface area (TPSA) is 12.0 Å². The zero-order valence-electron chi connectivity index (χ0n) is 13.1. The van der Waals surface area contributed by atoms with Crippen molar-refractivity contribution < 1.29 is 4.39 Å².